The van der Waals surface area contributed by atoms with Gasteiger partial charge in [0.25, 0.3) is 6.01 Å². The van der Waals surface area contributed by atoms with Gasteiger partial charge in [-0.15, -0.1) is 0 Å². The van der Waals surface area contributed by atoms with Crippen LogP contribution >= 0.6 is 0 Å². The standard InChI is InChI=1S/C20H20N2O3/c1-24-16-9-6-14(7-10-16)19-12-21-20(25-19)22-18-4-2-3-13-5-8-15(23)11-17(13)18/h2-4,6-7,9-10,12,15,23H,5,8,11H2,1H3,(H,21,22). The number of fused-ring (bicyclic) bond motifs is 1. The summed E-state index contributed by atoms with van der Waals surface area (Å²) in [5, 5.41) is 13.2. The molecule has 1 aliphatic rings. The summed E-state index contributed by atoms with van der Waals surface area (Å²) in [6.45, 7) is 0. The van der Waals surface area contributed by atoms with Gasteiger partial charge in [0.15, 0.2) is 5.76 Å². The van der Waals surface area contributed by atoms with Crippen LogP contribution in [0.5, 0.6) is 5.75 Å². The first-order valence-electron chi connectivity index (χ1n) is 8.39. The van der Waals surface area contributed by atoms with E-state index in [0.29, 0.717) is 18.2 Å². The number of benzene rings is 2. The van der Waals surface area contributed by atoms with Gasteiger partial charge in [0, 0.05) is 17.7 Å². The molecule has 0 saturated carbocycles. The molecule has 1 aromatic heterocycles. The lowest BCUT2D eigenvalue weighted by molar-refractivity contribution is 0.159. The zero-order valence-corrected chi connectivity index (χ0v) is 14.0. The van der Waals surface area contributed by atoms with Crippen LogP contribution in [-0.4, -0.2) is 23.3 Å². The highest BCUT2D eigenvalue weighted by molar-refractivity contribution is 5.63. The van der Waals surface area contributed by atoms with Crippen LogP contribution in [0.2, 0.25) is 0 Å². The number of hydrogen-bond acceptors (Lipinski definition) is 5. The van der Waals surface area contributed by atoms with Crippen LogP contribution in [0.1, 0.15) is 17.5 Å². The van der Waals surface area contributed by atoms with E-state index in [2.05, 4.69) is 16.4 Å². The SMILES string of the molecule is COc1ccc(-c2cnc(Nc3cccc4c3CC(O)CC4)o2)cc1. The van der Waals surface area contributed by atoms with Crippen LogP contribution in [0.3, 0.4) is 0 Å². The van der Waals surface area contributed by atoms with Gasteiger partial charge in [0.2, 0.25) is 0 Å². The van der Waals surface area contributed by atoms with E-state index in [4.69, 9.17) is 9.15 Å². The summed E-state index contributed by atoms with van der Waals surface area (Å²) in [5.74, 6) is 1.49. The Bertz CT molecular complexity index is 871. The lowest BCUT2D eigenvalue weighted by Crippen LogP contribution is -2.19. The van der Waals surface area contributed by atoms with Gasteiger partial charge < -0.3 is 19.6 Å². The Balaban J connectivity index is 1.57. The Labute approximate surface area is 146 Å². The summed E-state index contributed by atoms with van der Waals surface area (Å²) < 4.78 is 11.0. The molecule has 2 N–H and O–H groups in total. The van der Waals surface area contributed by atoms with Crippen LogP contribution in [0.4, 0.5) is 11.7 Å². The van der Waals surface area contributed by atoms with Gasteiger partial charge >= 0.3 is 0 Å². The van der Waals surface area contributed by atoms with E-state index in [9.17, 15) is 5.11 Å². The fourth-order valence-corrected chi connectivity index (χ4v) is 3.22. The van der Waals surface area contributed by atoms with Gasteiger partial charge in [-0.1, -0.05) is 12.1 Å². The molecule has 4 rings (SSSR count). The molecule has 5 heteroatoms. The van der Waals surface area contributed by atoms with Crippen LogP contribution in [0.15, 0.2) is 53.1 Å². The largest absolute Gasteiger partial charge is 0.497 e. The van der Waals surface area contributed by atoms with Crippen molar-refractivity contribution < 1.29 is 14.3 Å². The summed E-state index contributed by atoms with van der Waals surface area (Å²) in [4.78, 5) is 4.33. The minimum atomic E-state index is -0.283. The maximum Gasteiger partial charge on any atom is 0.299 e. The van der Waals surface area contributed by atoms with Crippen molar-refractivity contribution in [3.05, 3.63) is 59.8 Å². The quantitative estimate of drug-likeness (QED) is 0.755. The van der Waals surface area contributed by atoms with E-state index in [1.165, 1.54) is 5.56 Å². The number of hydrogen-bond donors (Lipinski definition) is 2. The van der Waals surface area contributed by atoms with Crippen molar-refractivity contribution in [2.75, 3.05) is 12.4 Å². The molecule has 1 aliphatic carbocycles. The predicted molar refractivity (Wildman–Crippen MR) is 96.2 cm³/mol. The molecule has 0 fully saturated rings. The minimum Gasteiger partial charge on any atom is -0.497 e. The maximum absolute atomic E-state index is 9.96. The number of ether oxygens (including phenoxy) is 1. The molecule has 1 atom stereocenters. The fraction of sp³-hybridized carbons (Fsp3) is 0.250. The Kier molecular flexibility index (Phi) is 4.15. The maximum atomic E-state index is 9.96. The second kappa shape index (κ2) is 6.61. The number of nitrogens with one attached hydrogen (secondary N) is 1. The molecule has 25 heavy (non-hydrogen) atoms. The van der Waals surface area contributed by atoms with Crippen LogP contribution < -0.4 is 10.1 Å². The molecule has 0 saturated heterocycles. The monoisotopic (exact) mass is 336 g/mol. The smallest absolute Gasteiger partial charge is 0.299 e. The Morgan fingerprint density at radius 3 is 2.84 bits per heavy atom. The van der Waals surface area contributed by atoms with E-state index >= 15 is 0 Å². The minimum absolute atomic E-state index is 0.283. The topological polar surface area (TPSA) is 67.5 Å². The van der Waals surface area contributed by atoms with Crippen molar-refractivity contribution in [2.24, 2.45) is 0 Å². The summed E-state index contributed by atoms with van der Waals surface area (Å²) in [5.41, 5.74) is 4.30. The molecule has 128 valence electrons. The van der Waals surface area contributed by atoms with Crippen molar-refractivity contribution in [1.82, 2.24) is 4.98 Å². The van der Waals surface area contributed by atoms with Gasteiger partial charge in [-0.3, -0.25) is 0 Å². The van der Waals surface area contributed by atoms with Gasteiger partial charge in [0.1, 0.15) is 5.75 Å². The second-order valence-corrected chi connectivity index (χ2v) is 6.22. The van der Waals surface area contributed by atoms with Crippen molar-refractivity contribution in [1.29, 1.82) is 0 Å². The van der Waals surface area contributed by atoms with Crippen molar-refractivity contribution in [2.45, 2.75) is 25.4 Å². The first kappa shape index (κ1) is 15.7. The Hall–Kier alpha value is -2.79. The predicted octanol–water partition coefficient (Wildman–Crippen LogP) is 3.94. The lowest BCUT2D eigenvalue weighted by atomic mass is 9.88. The second-order valence-electron chi connectivity index (χ2n) is 6.22. The van der Waals surface area contributed by atoms with Crippen LogP contribution in [0.25, 0.3) is 11.3 Å². The number of rotatable bonds is 4. The molecule has 2 aromatic carbocycles. The zero-order valence-electron chi connectivity index (χ0n) is 14.0. The van der Waals surface area contributed by atoms with Gasteiger partial charge in [-0.05, 0) is 54.3 Å². The van der Waals surface area contributed by atoms with Gasteiger partial charge in [-0.25, -0.2) is 4.98 Å². The highest BCUT2D eigenvalue weighted by Crippen LogP contribution is 2.31. The van der Waals surface area contributed by atoms with E-state index in [-0.39, 0.29) is 6.10 Å². The average Bonchev–Trinajstić information content (AvgIpc) is 3.11. The van der Waals surface area contributed by atoms with E-state index in [0.717, 1.165) is 35.4 Å². The third-order valence-corrected chi connectivity index (χ3v) is 4.58. The summed E-state index contributed by atoms with van der Waals surface area (Å²) in [6.07, 6.45) is 3.79. The van der Waals surface area contributed by atoms with Gasteiger partial charge in [0.05, 0.1) is 19.4 Å². The number of oxazole rings is 1. The number of anilines is 2. The first-order valence-corrected chi connectivity index (χ1v) is 8.39. The first-order chi connectivity index (χ1) is 12.2. The van der Waals surface area contributed by atoms with Crippen molar-refractivity contribution in [3.63, 3.8) is 0 Å². The molecular formula is C20H20N2O3. The molecule has 0 spiro atoms. The summed E-state index contributed by atoms with van der Waals surface area (Å²) >= 11 is 0. The third-order valence-electron chi connectivity index (χ3n) is 4.58. The van der Waals surface area contributed by atoms with E-state index < -0.39 is 0 Å². The molecule has 0 aliphatic heterocycles. The highest BCUT2D eigenvalue weighted by atomic mass is 16.5. The van der Waals surface area contributed by atoms with Crippen LogP contribution in [-0.2, 0) is 12.8 Å². The molecule has 1 heterocycles. The Morgan fingerprint density at radius 2 is 2.04 bits per heavy atom. The number of aryl methyl sites for hydroxylation is 1. The molecule has 0 amide bonds. The number of aliphatic hydroxyl groups is 1. The molecule has 3 aromatic rings. The Morgan fingerprint density at radius 1 is 1.20 bits per heavy atom. The summed E-state index contributed by atoms with van der Waals surface area (Å²) in [7, 11) is 1.64. The molecule has 0 radical (unpaired) electrons. The lowest BCUT2D eigenvalue weighted by Gasteiger charge is -2.23. The third kappa shape index (κ3) is 3.23. The number of methoxy groups -OCH3 is 1. The average molecular weight is 336 g/mol. The van der Waals surface area contributed by atoms with Crippen molar-refractivity contribution >= 4 is 11.7 Å². The highest BCUT2D eigenvalue weighted by Gasteiger charge is 2.19. The summed E-state index contributed by atoms with van der Waals surface area (Å²) in [6, 6.07) is 14.2. The molecular weight excluding hydrogens is 316 g/mol. The normalized spacial score (nSPS) is 16.3. The molecule has 1 unspecified atom stereocenters. The molecule has 0 bridgehead atoms. The zero-order chi connectivity index (χ0) is 17.2. The van der Waals surface area contributed by atoms with Crippen LogP contribution in [0, 0.1) is 0 Å². The molecule has 5 nitrogen and oxygen atoms in total. The number of aliphatic hydroxyl groups excluding tert-OH is 1. The van der Waals surface area contributed by atoms with Crippen molar-refractivity contribution in [3.8, 4) is 17.1 Å². The fourth-order valence-electron chi connectivity index (χ4n) is 3.22. The number of nitrogens with zero attached hydrogens (tertiary/aromatic N) is 1. The van der Waals surface area contributed by atoms with E-state index in [1.807, 2.05) is 36.4 Å². The number of aromatic nitrogens is 1. The van der Waals surface area contributed by atoms with Gasteiger partial charge in [-0.2, -0.15) is 0 Å². The van der Waals surface area contributed by atoms with E-state index in [1.54, 1.807) is 13.3 Å².